The molecule has 0 saturated heterocycles. The Balaban J connectivity index is 2.14. The van der Waals surface area contributed by atoms with Gasteiger partial charge in [-0.05, 0) is 29.0 Å². The van der Waals surface area contributed by atoms with Gasteiger partial charge in [-0.1, -0.05) is 75.4 Å². The minimum atomic E-state index is -1.73. The molecule has 0 bridgehead atoms. The van der Waals surface area contributed by atoms with Crippen molar-refractivity contribution in [2.75, 3.05) is 0 Å². The van der Waals surface area contributed by atoms with Crippen LogP contribution in [0.4, 0.5) is 0 Å². The Morgan fingerprint density at radius 2 is 1.44 bits per heavy atom. The average Bonchev–Trinajstić information content (AvgIpc) is 2.59. The van der Waals surface area contributed by atoms with Crippen molar-refractivity contribution in [1.82, 2.24) is 0 Å². The first-order valence-electron chi connectivity index (χ1n) is 8.21. The van der Waals surface area contributed by atoms with Gasteiger partial charge in [0.05, 0.1) is 0 Å². The molecule has 4 heteroatoms. The van der Waals surface area contributed by atoms with E-state index in [1.54, 1.807) is 30.3 Å². The van der Waals surface area contributed by atoms with Crippen molar-refractivity contribution in [1.29, 1.82) is 0 Å². The molecule has 4 nitrogen and oxygen atoms in total. The molecule has 0 unspecified atom stereocenters. The van der Waals surface area contributed by atoms with E-state index in [0.717, 1.165) is 5.56 Å². The maximum absolute atomic E-state index is 12.5. The van der Waals surface area contributed by atoms with E-state index < -0.39 is 17.4 Å². The van der Waals surface area contributed by atoms with E-state index in [-0.39, 0.29) is 12.0 Å². The molecule has 0 amide bonds. The summed E-state index contributed by atoms with van der Waals surface area (Å²) in [6.07, 6.45) is 0. The lowest BCUT2D eigenvalue weighted by Crippen LogP contribution is -2.42. The van der Waals surface area contributed by atoms with Crippen molar-refractivity contribution >= 4 is 11.9 Å². The highest BCUT2D eigenvalue weighted by atomic mass is 16.5. The molecule has 132 valence electrons. The van der Waals surface area contributed by atoms with Crippen molar-refractivity contribution in [2.45, 2.75) is 45.1 Å². The first kappa shape index (κ1) is 18.7. The van der Waals surface area contributed by atoms with Crippen LogP contribution in [0.25, 0.3) is 0 Å². The highest BCUT2D eigenvalue weighted by Gasteiger charge is 2.44. The van der Waals surface area contributed by atoms with Crippen molar-refractivity contribution in [2.24, 2.45) is 0 Å². The van der Waals surface area contributed by atoms with Crippen molar-refractivity contribution < 1.29 is 19.4 Å². The quantitative estimate of drug-likeness (QED) is 0.658. The van der Waals surface area contributed by atoms with Crippen LogP contribution in [0, 0.1) is 0 Å². The number of carboxylic acids is 1. The van der Waals surface area contributed by atoms with Crippen LogP contribution in [0.5, 0.6) is 0 Å². The first-order chi connectivity index (χ1) is 11.7. The van der Waals surface area contributed by atoms with Gasteiger partial charge in [0.2, 0.25) is 0 Å². The number of carbonyl (C=O) groups excluding carboxylic acids is 1. The molecule has 2 aromatic carbocycles. The summed E-state index contributed by atoms with van der Waals surface area (Å²) in [5, 5.41) is 9.58. The maximum Gasteiger partial charge on any atom is 0.328 e. The molecule has 0 aliphatic rings. The fourth-order valence-corrected chi connectivity index (χ4v) is 2.49. The van der Waals surface area contributed by atoms with Crippen LogP contribution in [-0.4, -0.2) is 17.0 Å². The third-order valence-electron chi connectivity index (χ3n) is 4.38. The van der Waals surface area contributed by atoms with Gasteiger partial charge in [0.15, 0.2) is 5.41 Å². The zero-order chi connectivity index (χ0) is 18.7. The van der Waals surface area contributed by atoms with Gasteiger partial charge in [0.1, 0.15) is 6.61 Å². The lowest BCUT2D eigenvalue weighted by atomic mass is 9.82. The van der Waals surface area contributed by atoms with Gasteiger partial charge in [-0.3, -0.25) is 9.59 Å². The topological polar surface area (TPSA) is 63.6 Å². The summed E-state index contributed by atoms with van der Waals surface area (Å²) in [6, 6.07) is 16.2. The lowest BCUT2D eigenvalue weighted by Gasteiger charge is -2.23. The molecule has 0 aliphatic heterocycles. The SMILES string of the molecule is CC(C)(C)c1ccc(COC(=O)[C@](C)(C(=O)O)c2ccccc2)cc1. The van der Waals surface area contributed by atoms with Crippen molar-refractivity contribution in [3.8, 4) is 0 Å². The second-order valence-corrected chi connectivity index (χ2v) is 7.32. The lowest BCUT2D eigenvalue weighted by molar-refractivity contribution is -0.161. The third-order valence-corrected chi connectivity index (χ3v) is 4.38. The number of hydrogen-bond acceptors (Lipinski definition) is 3. The molecular weight excluding hydrogens is 316 g/mol. The first-order valence-corrected chi connectivity index (χ1v) is 8.21. The molecule has 1 atom stereocenters. The van der Waals surface area contributed by atoms with Gasteiger partial charge in [-0.15, -0.1) is 0 Å². The van der Waals surface area contributed by atoms with Gasteiger partial charge < -0.3 is 9.84 Å². The van der Waals surface area contributed by atoms with Crippen molar-refractivity contribution in [3.63, 3.8) is 0 Å². The van der Waals surface area contributed by atoms with Gasteiger partial charge in [-0.25, -0.2) is 0 Å². The minimum absolute atomic E-state index is 0.0406. The Morgan fingerprint density at radius 1 is 0.880 bits per heavy atom. The molecule has 0 heterocycles. The number of carbonyl (C=O) groups is 2. The minimum Gasteiger partial charge on any atom is -0.480 e. The zero-order valence-corrected chi connectivity index (χ0v) is 15.1. The van der Waals surface area contributed by atoms with E-state index >= 15 is 0 Å². The monoisotopic (exact) mass is 340 g/mol. The Bertz CT molecular complexity index is 742. The number of aliphatic carboxylic acids is 1. The molecule has 0 aromatic heterocycles. The van der Waals surface area contributed by atoms with E-state index in [0.29, 0.717) is 5.56 Å². The molecule has 0 fully saturated rings. The molecule has 0 aliphatic carbocycles. The van der Waals surface area contributed by atoms with Crippen LogP contribution >= 0.6 is 0 Å². The summed E-state index contributed by atoms with van der Waals surface area (Å²) in [4.78, 5) is 24.2. The van der Waals surface area contributed by atoms with E-state index in [1.807, 2.05) is 24.3 Å². The summed E-state index contributed by atoms with van der Waals surface area (Å²) in [5.74, 6) is -2.00. The third kappa shape index (κ3) is 4.08. The number of rotatable bonds is 5. The fraction of sp³-hybridized carbons (Fsp3) is 0.333. The molecule has 25 heavy (non-hydrogen) atoms. The molecule has 1 N–H and O–H groups in total. The van der Waals surface area contributed by atoms with Crippen LogP contribution in [0.2, 0.25) is 0 Å². The summed E-state index contributed by atoms with van der Waals surface area (Å²) >= 11 is 0. The van der Waals surface area contributed by atoms with E-state index in [4.69, 9.17) is 4.74 Å². The maximum atomic E-state index is 12.5. The number of esters is 1. The molecule has 0 radical (unpaired) electrons. The van der Waals surface area contributed by atoms with Crippen LogP contribution in [-0.2, 0) is 31.8 Å². The van der Waals surface area contributed by atoms with E-state index in [2.05, 4.69) is 20.8 Å². The molecule has 0 spiro atoms. The van der Waals surface area contributed by atoms with Gasteiger partial charge in [0.25, 0.3) is 0 Å². The predicted octanol–water partition coefficient (Wildman–Crippen LogP) is 4.07. The van der Waals surface area contributed by atoms with Crippen LogP contribution < -0.4 is 0 Å². The Hall–Kier alpha value is -2.62. The Kier molecular flexibility index (Phi) is 5.31. The average molecular weight is 340 g/mol. The van der Waals surface area contributed by atoms with E-state index in [1.165, 1.54) is 12.5 Å². The van der Waals surface area contributed by atoms with E-state index in [9.17, 15) is 14.7 Å². The number of ether oxygens (including phenoxy) is 1. The zero-order valence-electron chi connectivity index (χ0n) is 15.1. The molecular formula is C21H24O4. The van der Waals surface area contributed by atoms with Crippen LogP contribution in [0.15, 0.2) is 54.6 Å². The highest BCUT2D eigenvalue weighted by Crippen LogP contribution is 2.27. The number of carboxylic acid groups (broad SMARTS) is 1. The van der Waals surface area contributed by atoms with Gasteiger partial charge in [0, 0.05) is 0 Å². The summed E-state index contributed by atoms with van der Waals surface area (Å²) in [6.45, 7) is 7.79. The fourth-order valence-electron chi connectivity index (χ4n) is 2.49. The van der Waals surface area contributed by atoms with Gasteiger partial charge in [-0.2, -0.15) is 0 Å². The predicted molar refractivity (Wildman–Crippen MR) is 96.4 cm³/mol. The summed E-state index contributed by atoms with van der Waals surface area (Å²) < 4.78 is 5.31. The number of hydrogen-bond donors (Lipinski definition) is 1. The molecule has 2 aromatic rings. The second kappa shape index (κ2) is 7.09. The van der Waals surface area contributed by atoms with Crippen molar-refractivity contribution in [3.05, 3.63) is 71.3 Å². The molecule has 0 saturated carbocycles. The largest absolute Gasteiger partial charge is 0.480 e. The molecule has 2 rings (SSSR count). The summed E-state index contributed by atoms with van der Waals surface area (Å²) in [5.41, 5.74) is 0.719. The highest BCUT2D eigenvalue weighted by molar-refractivity contribution is 6.05. The number of benzene rings is 2. The van der Waals surface area contributed by atoms with Gasteiger partial charge >= 0.3 is 11.9 Å². The van der Waals surface area contributed by atoms with Crippen LogP contribution in [0.3, 0.4) is 0 Å². The Morgan fingerprint density at radius 3 is 1.92 bits per heavy atom. The summed E-state index contributed by atoms with van der Waals surface area (Å²) in [7, 11) is 0. The second-order valence-electron chi connectivity index (χ2n) is 7.32. The van der Waals surface area contributed by atoms with Crippen LogP contribution in [0.1, 0.15) is 44.4 Å². The smallest absolute Gasteiger partial charge is 0.328 e. The Labute approximate surface area is 148 Å². The normalized spacial score (nSPS) is 13.8. The standard InChI is InChI=1S/C21H24O4/c1-20(2,3)16-12-10-15(11-13-16)14-25-19(24)21(4,18(22)23)17-8-6-5-7-9-17/h5-13H,14H2,1-4H3,(H,22,23)/t21-/m0/s1.